The van der Waals surface area contributed by atoms with Crippen LogP contribution < -0.4 is 0 Å². The number of hydrogen-bond acceptors (Lipinski definition) is 5. The van der Waals surface area contributed by atoms with Gasteiger partial charge in [0, 0.05) is 12.5 Å². The first-order chi connectivity index (χ1) is 8.95. The van der Waals surface area contributed by atoms with Gasteiger partial charge >= 0.3 is 5.97 Å². The van der Waals surface area contributed by atoms with Gasteiger partial charge in [0.05, 0.1) is 5.75 Å². The van der Waals surface area contributed by atoms with Gasteiger partial charge in [0.25, 0.3) is 0 Å². The van der Waals surface area contributed by atoms with Crippen LogP contribution in [0.4, 0.5) is 0 Å². The summed E-state index contributed by atoms with van der Waals surface area (Å²) in [6.07, 6.45) is 2.09. The zero-order valence-corrected chi connectivity index (χ0v) is 13.4. The van der Waals surface area contributed by atoms with Crippen molar-refractivity contribution in [1.29, 1.82) is 0 Å². The van der Waals surface area contributed by atoms with Gasteiger partial charge in [-0.25, -0.2) is 0 Å². The van der Waals surface area contributed by atoms with Crippen molar-refractivity contribution in [3.63, 3.8) is 0 Å². The van der Waals surface area contributed by atoms with Crippen LogP contribution in [0.3, 0.4) is 0 Å². The van der Waals surface area contributed by atoms with E-state index in [0.717, 1.165) is 18.1 Å². The topological polar surface area (TPSA) is 68.0 Å². The van der Waals surface area contributed by atoms with Crippen molar-refractivity contribution in [3.05, 3.63) is 5.82 Å². The zero-order valence-electron chi connectivity index (χ0n) is 11.8. The minimum atomic E-state index is -0.831. The second kappa shape index (κ2) is 7.79. The molecule has 1 rings (SSSR count). The van der Waals surface area contributed by atoms with Gasteiger partial charge in [-0.2, -0.15) is 11.8 Å². The molecule has 1 N–H and O–H groups in total. The lowest BCUT2D eigenvalue weighted by Gasteiger charge is -2.16. The van der Waals surface area contributed by atoms with Gasteiger partial charge < -0.3 is 9.67 Å². The van der Waals surface area contributed by atoms with Crippen molar-refractivity contribution in [2.45, 2.75) is 38.4 Å². The summed E-state index contributed by atoms with van der Waals surface area (Å²) in [7, 11) is 0. The standard InChI is InChI=1S/C12H21N3O2S2/c1-8(2)11-13-14-12(19-7-10(16)17)15(11)5-9(3)6-18-4/h8-9H,5-7H2,1-4H3,(H,16,17). The van der Waals surface area contributed by atoms with Crippen LogP contribution in [0.2, 0.25) is 0 Å². The molecule has 1 unspecified atom stereocenters. The number of thioether (sulfide) groups is 2. The minimum absolute atomic E-state index is 0.0210. The zero-order chi connectivity index (χ0) is 14.4. The molecule has 0 amide bonds. The van der Waals surface area contributed by atoms with Crippen molar-refractivity contribution >= 4 is 29.5 Å². The maximum absolute atomic E-state index is 10.7. The summed E-state index contributed by atoms with van der Waals surface area (Å²) in [5, 5.41) is 17.8. The Labute approximate surface area is 122 Å². The van der Waals surface area contributed by atoms with Gasteiger partial charge in [-0.3, -0.25) is 4.79 Å². The van der Waals surface area contributed by atoms with E-state index in [0.29, 0.717) is 11.1 Å². The van der Waals surface area contributed by atoms with Crippen molar-refractivity contribution in [3.8, 4) is 0 Å². The SMILES string of the molecule is CSCC(C)Cn1c(SCC(=O)O)nnc1C(C)C. The lowest BCUT2D eigenvalue weighted by Crippen LogP contribution is -2.15. The van der Waals surface area contributed by atoms with Crippen molar-refractivity contribution in [2.24, 2.45) is 5.92 Å². The summed E-state index contributed by atoms with van der Waals surface area (Å²) in [5.41, 5.74) is 0. The highest BCUT2D eigenvalue weighted by Crippen LogP contribution is 2.23. The fraction of sp³-hybridized carbons (Fsp3) is 0.750. The predicted octanol–water partition coefficient (Wildman–Crippen LogP) is 2.58. The van der Waals surface area contributed by atoms with E-state index in [1.807, 2.05) is 11.8 Å². The quantitative estimate of drug-likeness (QED) is 0.745. The van der Waals surface area contributed by atoms with Crippen LogP contribution in [0, 0.1) is 5.92 Å². The van der Waals surface area contributed by atoms with Gasteiger partial charge in [0.15, 0.2) is 5.16 Å². The molecule has 0 aromatic carbocycles. The van der Waals surface area contributed by atoms with Crippen molar-refractivity contribution in [2.75, 3.05) is 17.8 Å². The molecule has 108 valence electrons. The first kappa shape index (κ1) is 16.4. The molecule has 5 nitrogen and oxygen atoms in total. The first-order valence-corrected chi connectivity index (χ1v) is 8.60. The van der Waals surface area contributed by atoms with E-state index in [1.165, 1.54) is 11.8 Å². The number of nitrogens with zero attached hydrogens (tertiary/aromatic N) is 3. The summed E-state index contributed by atoms with van der Waals surface area (Å²) >= 11 is 3.05. The summed E-state index contributed by atoms with van der Waals surface area (Å²) in [4.78, 5) is 10.7. The predicted molar refractivity (Wildman–Crippen MR) is 80.0 cm³/mol. The number of carboxylic acids is 1. The maximum Gasteiger partial charge on any atom is 0.313 e. The van der Waals surface area contributed by atoms with E-state index < -0.39 is 5.97 Å². The lowest BCUT2D eigenvalue weighted by atomic mass is 10.2. The molecule has 7 heteroatoms. The Morgan fingerprint density at radius 2 is 2.05 bits per heavy atom. The average Bonchev–Trinajstić information content (AvgIpc) is 2.69. The molecule has 1 aromatic heterocycles. The van der Waals surface area contributed by atoms with Gasteiger partial charge in [-0.1, -0.05) is 32.5 Å². The Hall–Kier alpha value is -0.690. The summed E-state index contributed by atoms with van der Waals surface area (Å²) in [5.74, 6) is 1.98. The van der Waals surface area contributed by atoms with Gasteiger partial charge in [-0.05, 0) is 17.9 Å². The Kier molecular flexibility index (Phi) is 6.71. The van der Waals surface area contributed by atoms with Crippen LogP contribution in [0.15, 0.2) is 5.16 Å². The molecule has 0 saturated carbocycles. The van der Waals surface area contributed by atoms with Crippen LogP contribution in [0.25, 0.3) is 0 Å². The molecule has 0 aliphatic rings. The molecule has 0 bridgehead atoms. The molecule has 0 spiro atoms. The molecule has 1 aromatic rings. The molecular formula is C12H21N3O2S2. The van der Waals surface area contributed by atoms with Crippen LogP contribution >= 0.6 is 23.5 Å². The number of aliphatic carboxylic acids is 1. The highest BCUT2D eigenvalue weighted by Gasteiger charge is 2.17. The molecule has 19 heavy (non-hydrogen) atoms. The fourth-order valence-electron chi connectivity index (χ4n) is 1.78. The third kappa shape index (κ3) is 5.06. The van der Waals surface area contributed by atoms with Crippen molar-refractivity contribution in [1.82, 2.24) is 14.8 Å². The molecule has 0 saturated heterocycles. The number of carboxylic acid groups (broad SMARTS) is 1. The molecule has 0 aliphatic carbocycles. The fourth-order valence-corrected chi connectivity index (χ4v) is 3.13. The molecular weight excluding hydrogens is 282 g/mol. The van der Waals surface area contributed by atoms with Crippen LogP contribution in [-0.4, -0.2) is 43.6 Å². The molecule has 1 atom stereocenters. The second-order valence-corrected chi connectivity index (χ2v) is 6.70. The third-order valence-corrected chi connectivity index (χ3v) is 4.39. The summed E-state index contributed by atoms with van der Waals surface area (Å²) in [6, 6.07) is 0. The largest absolute Gasteiger partial charge is 0.481 e. The second-order valence-electron chi connectivity index (χ2n) is 4.85. The monoisotopic (exact) mass is 303 g/mol. The number of aromatic nitrogens is 3. The normalized spacial score (nSPS) is 12.9. The van der Waals surface area contributed by atoms with Crippen LogP contribution in [0.1, 0.15) is 32.5 Å². The van der Waals surface area contributed by atoms with E-state index in [9.17, 15) is 4.79 Å². The van der Waals surface area contributed by atoms with Gasteiger partial charge in [0.1, 0.15) is 5.82 Å². The number of carbonyl (C=O) groups is 1. The molecule has 1 heterocycles. The highest BCUT2D eigenvalue weighted by molar-refractivity contribution is 7.99. The van der Waals surface area contributed by atoms with Gasteiger partial charge in [0.2, 0.25) is 0 Å². The van der Waals surface area contributed by atoms with E-state index in [1.54, 1.807) is 0 Å². The first-order valence-electron chi connectivity index (χ1n) is 6.22. The van der Waals surface area contributed by atoms with E-state index >= 15 is 0 Å². The Balaban J connectivity index is 2.88. The smallest absolute Gasteiger partial charge is 0.313 e. The maximum atomic E-state index is 10.7. The minimum Gasteiger partial charge on any atom is -0.481 e. The number of rotatable bonds is 8. The number of hydrogen-bond donors (Lipinski definition) is 1. The van der Waals surface area contributed by atoms with Crippen molar-refractivity contribution < 1.29 is 9.90 Å². The Morgan fingerprint density at radius 1 is 1.37 bits per heavy atom. The highest BCUT2D eigenvalue weighted by atomic mass is 32.2. The van der Waals surface area contributed by atoms with E-state index in [4.69, 9.17) is 5.11 Å². The summed E-state index contributed by atoms with van der Waals surface area (Å²) < 4.78 is 2.07. The Morgan fingerprint density at radius 3 is 2.58 bits per heavy atom. The molecule has 0 aliphatic heterocycles. The van der Waals surface area contributed by atoms with E-state index in [2.05, 4.69) is 41.8 Å². The molecule has 0 radical (unpaired) electrons. The molecule has 0 fully saturated rings. The van der Waals surface area contributed by atoms with Crippen LogP contribution in [-0.2, 0) is 11.3 Å². The van der Waals surface area contributed by atoms with E-state index in [-0.39, 0.29) is 11.7 Å². The average molecular weight is 303 g/mol. The van der Waals surface area contributed by atoms with Crippen LogP contribution in [0.5, 0.6) is 0 Å². The van der Waals surface area contributed by atoms with Gasteiger partial charge in [-0.15, -0.1) is 10.2 Å². The summed E-state index contributed by atoms with van der Waals surface area (Å²) in [6.45, 7) is 7.17. The third-order valence-electron chi connectivity index (χ3n) is 2.53. The lowest BCUT2D eigenvalue weighted by molar-refractivity contribution is -0.133. The Bertz CT molecular complexity index is 421.